The molecule has 328 valence electrons. The highest BCUT2D eigenvalue weighted by atomic mass is 15.1. The predicted molar refractivity (Wildman–Crippen MR) is 297 cm³/mol. The lowest BCUT2D eigenvalue weighted by atomic mass is 9.78. The SMILES string of the molecule is c1ccc(-c2ccc(-c3ccccc3)c(N(c3ccccc3)c3ccc4cc5c(cc4c3)-c3cc4cc(N(c6ccccc6)c6cc(-c7ccccc7)ccc6-c6ccccc6)ccc4cc3-5)c2)cc1. The van der Waals surface area contributed by atoms with E-state index in [1.54, 1.807) is 0 Å². The summed E-state index contributed by atoms with van der Waals surface area (Å²) in [5.41, 5.74) is 21.3. The van der Waals surface area contributed by atoms with Crippen LogP contribution in [0.5, 0.6) is 0 Å². The van der Waals surface area contributed by atoms with Crippen LogP contribution in [0, 0.1) is 0 Å². The minimum Gasteiger partial charge on any atom is -0.310 e. The maximum atomic E-state index is 2.42. The third-order valence-corrected chi connectivity index (χ3v) is 13.9. The maximum Gasteiger partial charge on any atom is 0.0546 e. The summed E-state index contributed by atoms with van der Waals surface area (Å²) >= 11 is 0. The smallest absolute Gasteiger partial charge is 0.0546 e. The zero-order chi connectivity index (χ0) is 46.4. The van der Waals surface area contributed by atoms with E-state index < -0.39 is 0 Å². The normalized spacial score (nSPS) is 11.4. The van der Waals surface area contributed by atoms with E-state index in [1.165, 1.54) is 88.3 Å². The number of rotatable bonds is 10. The highest BCUT2D eigenvalue weighted by molar-refractivity contribution is 6.13. The molecule has 0 saturated heterocycles. The van der Waals surface area contributed by atoms with Crippen molar-refractivity contribution in [1.29, 1.82) is 0 Å². The zero-order valence-corrected chi connectivity index (χ0v) is 38.5. The van der Waals surface area contributed by atoms with E-state index in [4.69, 9.17) is 0 Å². The average Bonchev–Trinajstić information content (AvgIpc) is 3.44. The Balaban J connectivity index is 0.929. The van der Waals surface area contributed by atoms with Crippen LogP contribution in [0.15, 0.2) is 279 Å². The molecule has 0 amide bonds. The summed E-state index contributed by atoms with van der Waals surface area (Å²) in [6.07, 6.45) is 0. The second-order valence-electron chi connectivity index (χ2n) is 18.1. The highest BCUT2D eigenvalue weighted by Crippen LogP contribution is 2.52. The van der Waals surface area contributed by atoms with E-state index in [9.17, 15) is 0 Å². The van der Waals surface area contributed by atoms with E-state index in [1.807, 2.05) is 0 Å². The molecule has 0 atom stereocenters. The van der Waals surface area contributed by atoms with Crippen molar-refractivity contribution in [3.63, 3.8) is 0 Å². The minimum absolute atomic E-state index is 1.10. The molecule has 12 aromatic carbocycles. The van der Waals surface area contributed by atoms with Gasteiger partial charge in [-0.1, -0.05) is 194 Å². The van der Waals surface area contributed by atoms with Crippen molar-refractivity contribution in [1.82, 2.24) is 0 Å². The van der Waals surface area contributed by atoms with E-state index in [0.717, 1.165) is 34.1 Å². The highest BCUT2D eigenvalue weighted by Gasteiger charge is 2.26. The van der Waals surface area contributed by atoms with Gasteiger partial charge in [-0.25, -0.2) is 0 Å². The molecule has 0 bridgehead atoms. The van der Waals surface area contributed by atoms with Gasteiger partial charge in [0, 0.05) is 33.9 Å². The van der Waals surface area contributed by atoms with Crippen molar-refractivity contribution in [2.45, 2.75) is 0 Å². The maximum absolute atomic E-state index is 2.42. The van der Waals surface area contributed by atoms with E-state index >= 15 is 0 Å². The molecule has 1 aliphatic carbocycles. The Labute approximate surface area is 409 Å². The van der Waals surface area contributed by atoms with Gasteiger partial charge in [0.05, 0.1) is 11.4 Å². The van der Waals surface area contributed by atoms with Crippen LogP contribution in [-0.2, 0) is 0 Å². The summed E-state index contributed by atoms with van der Waals surface area (Å²) in [5.74, 6) is 0. The summed E-state index contributed by atoms with van der Waals surface area (Å²) in [6.45, 7) is 0. The lowest BCUT2D eigenvalue weighted by molar-refractivity contribution is 1.29. The molecule has 13 rings (SSSR count). The molecule has 12 aromatic rings. The molecule has 0 heterocycles. The average molecular weight is 891 g/mol. The van der Waals surface area contributed by atoms with Crippen molar-refractivity contribution in [3.8, 4) is 66.8 Å². The van der Waals surface area contributed by atoms with Gasteiger partial charge in [-0.3, -0.25) is 0 Å². The quantitative estimate of drug-likeness (QED) is 0.135. The lowest BCUT2D eigenvalue weighted by Crippen LogP contribution is -2.11. The topological polar surface area (TPSA) is 6.48 Å². The number of nitrogens with zero attached hydrogens (tertiary/aromatic N) is 2. The van der Waals surface area contributed by atoms with Gasteiger partial charge in [0.2, 0.25) is 0 Å². The second kappa shape index (κ2) is 17.4. The number of benzene rings is 12. The van der Waals surface area contributed by atoms with Crippen LogP contribution in [0.1, 0.15) is 0 Å². The molecular formula is C68H46N2. The third-order valence-electron chi connectivity index (χ3n) is 13.9. The Morgan fingerprint density at radius 2 is 0.486 bits per heavy atom. The summed E-state index contributed by atoms with van der Waals surface area (Å²) in [5, 5.41) is 4.87. The number of hydrogen-bond acceptors (Lipinski definition) is 2. The van der Waals surface area contributed by atoms with Crippen molar-refractivity contribution in [3.05, 3.63) is 279 Å². The van der Waals surface area contributed by atoms with Crippen molar-refractivity contribution in [2.75, 3.05) is 9.80 Å². The van der Waals surface area contributed by atoms with Gasteiger partial charge in [0.1, 0.15) is 0 Å². The first-order valence-electron chi connectivity index (χ1n) is 24.1. The fourth-order valence-corrected chi connectivity index (χ4v) is 10.5. The molecule has 0 saturated carbocycles. The Morgan fingerprint density at radius 3 is 0.843 bits per heavy atom. The van der Waals surface area contributed by atoms with Crippen molar-refractivity contribution in [2.24, 2.45) is 0 Å². The fourth-order valence-electron chi connectivity index (χ4n) is 10.5. The first-order valence-corrected chi connectivity index (χ1v) is 24.1. The number of para-hydroxylation sites is 2. The van der Waals surface area contributed by atoms with Gasteiger partial charge in [-0.2, -0.15) is 0 Å². The largest absolute Gasteiger partial charge is 0.310 e. The van der Waals surface area contributed by atoms with Crippen LogP contribution in [0.4, 0.5) is 34.1 Å². The van der Waals surface area contributed by atoms with E-state index in [0.29, 0.717) is 0 Å². The van der Waals surface area contributed by atoms with Crippen LogP contribution < -0.4 is 9.80 Å². The van der Waals surface area contributed by atoms with Gasteiger partial charge < -0.3 is 9.80 Å². The van der Waals surface area contributed by atoms with Crippen LogP contribution in [0.2, 0.25) is 0 Å². The molecule has 2 heteroatoms. The monoisotopic (exact) mass is 890 g/mol. The summed E-state index contributed by atoms with van der Waals surface area (Å²) in [6, 6.07) is 102. The molecule has 0 aliphatic heterocycles. The van der Waals surface area contributed by atoms with Crippen LogP contribution in [0.25, 0.3) is 88.3 Å². The molecule has 2 nitrogen and oxygen atoms in total. The molecule has 0 aromatic heterocycles. The Hall–Kier alpha value is -9.24. The van der Waals surface area contributed by atoms with Gasteiger partial charge in [0.15, 0.2) is 0 Å². The number of anilines is 6. The lowest BCUT2D eigenvalue weighted by Gasteiger charge is -2.30. The molecule has 0 N–H and O–H groups in total. The van der Waals surface area contributed by atoms with Gasteiger partial charge in [-0.05, 0) is 162 Å². The Bertz CT molecular complexity index is 3600. The Kier molecular flexibility index (Phi) is 10.2. The molecular weight excluding hydrogens is 845 g/mol. The zero-order valence-electron chi connectivity index (χ0n) is 38.5. The van der Waals surface area contributed by atoms with E-state index in [2.05, 4.69) is 289 Å². The standard InChI is InChI=1S/C68H46N2/c1-7-19-47(20-8-1)53-33-37-61(49-23-11-3-12-24-49)67(45-53)69(57-27-15-5-16-28-57)59-35-31-51-41-63-64-42-52-32-36-60(40-56(52)44-66(64)65(63)43-55(51)39-59)70(58-29-17-6-18-30-58)68-46-54(48-21-9-2-10-22-48)34-38-62(68)50-25-13-4-14-26-50/h1-46H. The first kappa shape index (κ1) is 41.0. The molecule has 0 fully saturated rings. The molecule has 0 unspecified atom stereocenters. The number of fused-ring (bicyclic) bond motifs is 6. The van der Waals surface area contributed by atoms with Crippen LogP contribution in [0.3, 0.4) is 0 Å². The third kappa shape index (κ3) is 7.40. The Morgan fingerprint density at radius 1 is 0.171 bits per heavy atom. The van der Waals surface area contributed by atoms with Crippen LogP contribution >= 0.6 is 0 Å². The van der Waals surface area contributed by atoms with Gasteiger partial charge in [0.25, 0.3) is 0 Å². The molecule has 1 aliphatic rings. The van der Waals surface area contributed by atoms with Crippen molar-refractivity contribution < 1.29 is 0 Å². The summed E-state index contributed by atoms with van der Waals surface area (Å²) in [7, 11) is 0. The molecule has 0 spiro atoms. The molecule has 0 radical (unpaired) electrons. The predicted octanol–water partition coefficient (Wildman–Crippen LogP) is 19.2. The van der Waals surface area contributed by atoms with Crippen LogP contribution in [-0.4, -0.2) is 0 Å². The van der Waals surface area contributed by atoms with Gasteiger partial charge >= 0.3 is 0 Å². The fraction of sp³-hybridized carbons (Fsp3) is 0. The summed E-state index contributed by atoms with van der Waals surface area (Å²) < 4.78 is 0. The second-order valence-corrected chi connectivity index (χ2v) is 18.1. The van der Waals surface area contributed by atoms with Crippen molar-refractivity contribution >= 4 is 55.7 Å². The summed E-state index contributed by atoms with van der Waals surface area (Å²) in [4.78, 5) is 4.85. The molecule has 70 heavy (non-hydrogen) atoms. The minimum atomic E-state index is 1.10. The first-order chi connectivity index (χ1) is 34.7. The number of hydrogen-bond donors (Lipinski definition) is 0. The van der Waals surface area contributed by atoms with Gasteiger partial charge in [-0.15, -0.1) is 0 Å². The van der Waals surface area contributed by atoms with E-state index in [-0.39, 0.29) is 0 Å².